The number of amides is 4. The molecule has 1 unspecified atom stereocenters. The quantitative estimate of drug-likeness (QED) is 0.719. The van der Waals surface area contributed by atoms with Crippen molar-refractivity contribution in [3.05, 3.63) is 0 Å². The van der Waals surface area contributed by atoms with Crippen LogP contribution in [0.5, 0.6) is 0 Å². The highest BCUT2D eigenvalue weighted by Crippen LogP contribution is 2.25. The van der Waals surface area contributed by atoms with Gasteiger partial charge in [0.2, 0.25) is 11.8 Å². The molecule has 2 heterocycles. The van der Waals surface area contributed by atoms with Crippen LogP contribution in [0.1, 0.15) is 26.7 Å². The smallest absolute Gasteiger partial charge is 0.277 e. The summed E-state index contributed by atoms with van der Waals surface area (Å²) in [4.78, 5) is 37.0. The van der Waals surface area contributed by atoms with E-state index in [4.69, 9.17) is 0 Å². The van der Waals surface area contributed by atoms with Gasteiger partial charge in [-0.3, -0.25) is 19.8 Å². The molecule has 7 nitrogen and oxygen atoms in total. The van der Waals surface area contributed by atoms with Crippen molar-refractivity contribution < 1.29 is 22.8 Å². The van der Waals surface area contributed by atoms with Crippen molar-refractivity contribution >= 4 is 27.7 Å². The lowest BCUT2D eigenvalue weighted by Crippen LogP contribution is -2.62. The molecule has 2 fully saturated rings. The van der Waals surface area contributed by atoms with Crippen LogP contribution < -0.4 is 5.32 Å². The molecule has 0 aromatic carbocycles. The summed E-state index contributed by atoms with van der Waals surface area (Å²) in [7, 11) is -3.07. The molecule has 2 aliphatic rings. The lowest BCUT2D eigenvalue weighted by molar-refractivity contribution is -0.146. The Bertz CT molecular complexity index is 540. The first-order chi connectivity index (χ1) is 9.23. The first kappa shape index (κ1) is 15.0. The third-order valence-electron chi connectivity index (χ3n) is 3.79. The Balaban J connectivity index is 2.20. The molecule has 0 saturated carbocycles. The van der Waals surface area contributed by atoms with Crippen molar-refractivity contribution in [3.8, 4) is 0 Å². The Labute approximate surface area is 117 Å². The van der Waals surface area contributed by atoms with Crippen LogP contribution in [-0.2, 0) is 19.4 Å². The van der Waals surface area contributed by atoms with Gasteiger partial charge in [0.05, 0.1) is 11.5 Å². The van der Waals surface area contributed by atoms with E-state index in [1.165, 1.54) is 0 Å². The number of hydrogen-bond donors (Lipinski definition) is 1. The molecule has 8 heteroatoms. The summed E-state index contributed by atoms with van der Waals surface area (Å²) in [6.45, 7) is 3.48. The summed E-state index contributed by atoms with van der Waals surface area (Å²) in [6, 6.07) is -1.18. The Morgan fingerprint density at radius 3 is 2.20 bits per heavy atom. The third kappa shape index (κ3) is 2.70. The topological polar surface area (TPSA) is 101 Å². The van der Waals surface area contributed by atoms with Gasteiger partial charge in [-0.25, -0.2) is 13.2 Å². The van der Waals surface area contributed by atoms with Crippen LogP contribution in [0.2, 0.25) is 0 Å². The standard InChI is InChI=1S/C12H18N2O5S/c1-7(2)9-10(15)13-12(17)14(11(9)16)8-3-5-20(18,19)6-4-8/h7-9H,3-6H2,1-2H3,(H,13,15,17). The Morgan fingerprint density at radius 1 is 1.15 bits per heavy atom. The summed E-state index contributed by atoms with van der Waals surface area (Å²) < 4.78 is 22.8. The van der Waals surface area contributed by atoms with Crippen LogP contribution >= 0.6 is 0 Å². The Morgan fingerprint density at radius 2 is 1.70 bits per heavy atom. The third-order valence-corrected chi connectivity index (χ3v) is 5.51. The van der Waals surface area contributed by atoms with Gasteiger partial charge >= 0.3 is 6.03 Å². The molecule has 0 radical (unpaired) electrons. The zero-order valence-electron chi connectivity index (χ0n) is 11.5. The molecule has 20 heavy (non-hydrogen) atoms. The highest BCUT2D eigenvalue weighted by atomic mass is 32.2. The minimum atomic E-state index is -3.07. The van der Waals surface area contributed by atoms with Crippen LogP contribution in [0.3, 0.4) is 0 Å². The number of carbonyl (C=O) groups is 3. The van der Waals surface area contributed by atoms with E-state index in [0.29, 0.717) is 0 Å². The summed E-state index contributed by atoms with van der Waals surface area (Å²) in [5.41, 5.74) is 0. The van der Waals surface area contributed by atoms with Crippen LogP contribution in [0, 0.1) is 11.8 Å². The summed E-state index contributed by atoms with van der Waals surface area (Å²) in [6.07, 6.45) is 0.473. The molecule has 0 aromatic heterocycles. The molecular weight excluding hydrogens is 284 g/mol. The van der Waals surface area contributed by atoms with Gasteiger partial charge < -0.3 is 0 Å². The predicted octanol–water partition coefficient (Wildman–Crippen LogP) is -0.0858. The van der Waals surface area contributed by atoms with Gasteiger partial charge in [-0.1, -0.05) is 13.8 Å². The summed E-state index contributed by atoms with van der Waals surface area (Å²) >= 11 is 0. The number of carbonyl (C=O) groups excluding carboxylic acids is 3. The molecule has 2 rings (SSSR count). The van der Waals surface area contributed by atoms with E-state index in [9.17, 15) is 22.8 Å². The highest BCUT2D eigenvalue weighted by Gasteiger charge is 2.45. The second kappa shape index (κ2) is 5.16. The van der Waals surface area contributed by atoms with Gasteiger partial charge in [0.1, 0.15) is 15.8 Å². The molecule has 0 bridgehead atoms. The minimum absolute atomic E-state index is 0.0327. The van der Waals surface area contributed by atoms with Crippen LogP contribution in [0.4, 0.5) is 4.79 Å². The molecule has 4 amide bonds. The average molecular weight is 302 g/mol. The fraction of sp³-hybridized carbons (Fsp3) is 0.750. The molecule has 0 aliphatic carbocycles. The van der Waals surface area contributed by atoms with Crippen molar-refractivity contribution in [1.82, 2.24) is 10.2 Å². The molecule has 112 valence electrons. The normalized spacial score (nSPS) is 27.9. The zero-order chi connectivity index (χ0) is 15.1. The number of nitrogens with zero attached hydrogens (tertiary/aromatic N) is 1. The van der Waals surface area contributed by atoms with Crippen LogP contribution in [-0.4, -0.2) is 48.7 Å². The average Bonchev–Trinajstić information content (AvgIpc) is 2.29. The van der Waals surface area contributed by atoms with E-state index in [1.54, 1.807) is 13.8 Å². The molecule has 1 N–H and O–H groups in total. The number of sulfone groups is 1. The maximum Gasteiger partial charge on any atom is 0.331 e. The number of urea groups is 1. The molecule has 0 spiro atoms. The lowest BCUT2D eigenvalue weighted by Gasteiger charge is -2.38. The van der Waals surface area contributed by atoms with Crippen LogP contribution in [0.25, 0.3) is 0 Å². The monoisotopic (exact) mass is 302 g/mol. The highest BCUT2D eigenvalue weighted by molar-refractivity contribution is 7.91. The van der Waals surface area contributed by atoms with Crippen molar-refractivity contribution in [2.45, 2.75) is 32.7 Å². The van der Waals surface area contributed by atoms with E-state index in [-0.39, 0.29) is 30.3 Å². The second-order valence-electron chi connectivity index (χ2n) is 5.61. The molecule has 2 saturated heterocycles. The van der Waals surface area contributed by atoms with Crippen molar-refractivity contribution in [2.75, 3.05) is 11.5 Å². The first-order valence-corrected chi connectivity index (χ1v) is 8.43. The first-order valence-electron chi connectivity index (χ1n) is 6.61. The fourth-order valence-electron chi connectivity index (χ4n) is 2.67. The van der Waals surface area contributed by atoms with Crippen molar-refractivity contribution in [2.24, 2.45) is 11.8 Å². The van der Waals surface area contributed by atoms with E-state index in [1.807, 2.05) is 0 Å². The van der Waals surface area contributed by atoms with Gasteiger partial charge in [0, 0.05) is 6.04 Å². The number of rotatable bonds is 2. The SMILES string of the molecule is CC(C)C1C(=O)NC(=O)N(C2CCS(=O)(=O)CC2)C1=O. The van der Waals surface area contributed by atoms with Gasteiger partial charge in [0.25, 0.3) is 0 Å². The molecule has 1 atom stereocenters. The Kier molecular flexibility index (Phi) is 3.86. The summed E-state index contributed by atoms with van der Waals surface area (Å²) in [5.74, 6) is -2.26. The number of imide groups is 2. The van der Waals surface area contributed by atoms with Crippen molar-refractivity contribution in [3.63, 3.8) is 0 Å². The fourth-order valence-corrected chi connectivity index (χ4v) is 4.14. The van der Waals surface area contributed by atoms with E-state index in [0.717, 1.165) is 4.90 Å². The Hall–Kier alpha value is -1.44. The van der Waals surface area contributed by atoms with E-state index in [2.05, 4.69) is 5.32 Å². The molecular formula is C12H18N2O5S. The van der Waals surface area contributed by atoms with Gasteiger partial charge in [0.15, 0.2) is 0 Å². The van der Waals surface area contributed by atoms with E-state index >= 15 is 0 Å². The number of hydrogen-bond acceptors (Lipinski definition) is 5. The largest absolute Gasteiger partial charge is 0.331 e. The molecule has 0 aromatic rings. The lowest BCUT2D eigenvalue weighted by atomic mass is 9.91. The van der Waals surface area contributed by atoms with E-state index < -0.39 is 39.6 Å². The predicted molar refractivity (Wildman–Crippen MR) is 70.4 cm³/mol. The summed E-state index contributed by atoms with van der Waals surface area (Å²) in [5, 5.41) is 2.19. The molecule has 2 aliphatic heterocycles. The van der Waals surface area contributed by atoms with Gasteiger partial charge in [-0.2, -0.15) is 0 Å². The second-order valence-corrected chi connectivity index (χ2v) is 7.91. The van der Waals surface area contributed by atoms with Gasteiger partial charge in [-0.05, 0) is 18.8 Å². The van der Waals surface area contributed by atoms with Crippen molar-refractivity contribution in [1.29, 1.82) is 0 Å². The maximum absolute atomic E-state index is 12.3. The minimum Gasteiger partial charge on any atom is -0.277 e. The maximum atomic E-state index is 12.3. The number of nitrogens with one attached hydrogen (secondary N) is 1. The van der Waals surface area contributed by atoms with Crippen LogP contribution in [0.15, 0.2) is 0 Å². The zero-order valence-corrected chi connectivity index (χ0v) is 12.3. The number of barbiturate groups is 1. The van der Waals surface area contributed by atoms with Gasteiger partial charge in [-0.15, -0.1) is 0 Å².